The zero-order chi connectivity index (χ0) is 9.84. The molecule has 0 radical (unpaired) electrons. The van der Waals surface area contributed by atoms with Gasteiger partial charge in [-0.15, -0.1) is 0 Å². The molecule has 0 aliphatic rings. The average Bonchev–Trinajstić information content (AvgIpc) is 1.99. The van der Waals surface area contributed by atoms with Crippen molar-refractivity contribution in [2.45, 2.75) is 39.7 Å². The lowest BCUT2D eigenvalue weighted by atomic mass is 10.0. The Labute approximate surface area is 81.0 Å². The fraction of sp³-hybridized carbons (Fsp3) is 0.500. The normalized spacial score (nSPS) is 12.9. The summed E-state index contributed by atoms with van der Waals surface area (Å²) in [5.41, 5.74) is 9.82. The first-order valence-electron chi connectivity index (χ1n) is 4.90. The van der Waals surface area contributed by atoms with Crippen LogP contribution in [-0.4, -0.2) is 6.04 Å². The molecule has 0 heterocycles. The van der Waals surface area contributed by atoms with E-state index in [1.807, 2.05) is 0 Å². The highest BCUT2D eigenvalue weighted by Gasteiger charge is 1.98. The zero-order valence-corrected chi connectivity index (χ0v) is 8.80. The van der Waals surface area contributed by atoms with Crippen molar-refractivity contribution in [2.24, 2.45) is 5.73 Å². The van der Waals surface area contributed by atoms with Crippen molar-refractivity contribution in [2.75, 3.05) is 0 Å². The second kappa shape index (κ2) is 4.43. The molecule has 0 amide bonds. The van der Waals surface area contributed by atoms with Crippen LogP contribution in [0.4, 0.5) is 0 Å². The van der Waals surface area contributed by atoms with Gasteiger partial charge in [0.15, 0.2) is 0 Å². The molecule has 1 aromatic rings. The Hall–Kier alpha value is -0.820. The second-order valence-corrected chi connectivity index (χ2v) is 4.01. The monoisotopic (exact) mass is 177 g/mol. The first-order chi connectivity index (χ1) is 6.08. The van der Waals surface area contributed by atoms with Crippen molar-refractivity contribution in [1.29, 1.82) is 0 Å². The minimum atomic E-state index is 0.306. The first kappa shape index (κ1) is 10.3. The summed E-state index contributed by atoms with van der Waals surface area (Å²) in [5.74, 6) is 0. The summed E-state index contributed by atoms with van der Waals surface area (Å²) in [6.45, 7) is 6.34. The number of hydrogen-bond acceptors (Lipinski definition) is 1. The van der Waals surface area contributed by atoms with Crippen molar-refractivity contribution in [3.63, 3.8) is 0 Å². The van der Waals surface area contributed by atoms with Gasteiger partial charge in [0.1, 0.15) is 0 Å². The minimum Gasteiger partial charge on any atom is -0.328 e. The highest BCUT2D eigenvalue weighted by atomic mass is 14.6. The lowest BCUT2D eigenvalue weighted by molar-refractivity contribution is 0.665. The Morgan fingerprint density at radius 2 is 1.69 bits per heavy atom. The number of benzene rings is 1. The molecule has 1 aromatic carbocycles. The highest BCUT2D eigenvalue weighted by Crippen LogP contribution is 2.11. The molecule has 0 aliphatic heterocycles. The Morgan fingerprint density at radius 1 is 1.15 bits per heavy atom. The standard InChI is InChI=1S/C12H19N/c1-9-6-10(2)8-12(7-9)5-4-11(3)13/h6-8,11H,4-5,13H2,1-3H3. The molecule has 0 saturated heterocycles. The Morgan fingerprint density at radius 3 is 2.15 bits per heavy atom. The summed E-state index contributed by atoms with van der Waals surface area (Å²) in [6.07, 6.45) is 2.17. The van der Waals surface area contributed by atoms with Crippen LogP contribution in [0.3, 0.4) is 0 Å². The minimum absolute atomic E-state index is 0.306. The van der Waals surface area contributed by atoms with Gasteiger partial charge in [-0.05, 0) is 39.2 Å². The molecule has 1 heteroatoms. The third kappa shape index (κ3) is 3.60. The van der Waals surface area contributed by atoms with Crippen LogP contribution in [0.5, 0.6) is 0 Å². The quantitative estimate of drug-likeness (QED) is 0.754. The highest BCUT2D eigenvalue weighted by molar-refractivity contribution is 5.28. The molecule has 1 rings (SSSR count). The molecule has 1 unspecified atom stereocenters. The molecule has 0 saturated carbocycles. The third-order valence-electron chi connectivity index (χ3n) is 2.17. The van der Waals surface area contributed by atoms with E-state index < -0.39 is 0 Å². The molecule has 72 valence electrons. The summed E-state index contributed by atoms with van der Waals surface area (Å²) in [5, 5.41) is 0. The average molecular weight is 177 g/mol. The van der Waals surface area contributed by atoms with E-state index >= 15 is 0 Å². The third-order valence-corrected chi connectivity index (χ3v) is 2.17. The maximum absolute atomic E-state index is 5.72. The summed E-state index contributed by atoms with van der Waals surface area (Å²) in [7, 11) is 0. The Kier molecular flexibility index (Phi) is 3.49. The van der Waals surface area contributed by atoms with Gasteiger partial charge in [0, 0.05) is 6.04 Å². The van der Waals surface area contributed by atoms with E-state index in [0.717, 1.165) is 12.8 Å². The van der Waals surface area contributed by atoms with E-state index in [4.69, 9.17) is 5.73 Å². The molecule has 0 aliphatic carbocycles. The van der Waals surface area contributed by atoms with Crippen LogP contribution < -0.4 is 5.73 Å². The summed E-state index contributed by atoms with van der Waals surface area (Å²) in [4.78, 5) is 0. The molecule has 0 aromatic heterocycles. The fourth-order valence-corrected chi connectivity index (χ4v) is 1.61. The van der Waals surface area contributed by atoms with Gasteiger partial charge in [0.25, 0.3) is 0 Å². The predicted molar refractivity (Wildman–Crippen MR) is 57.9 cm³/mol. The van der Waals surface area contributed by atoms with Crippen molar-refractivity contribution in [1.82, 2.24) is 0 Å². The molecule has 2 N–H and O–H groups in total. The number of hydrogen-bond donors (Lipinski definition) is 1. The molecule has 1 nitrogen and oxygen atoms in total. The van der Waals surface area contributed by atoms with E-state index in [1.54, 1.807) is 0 Å². The lowest BCUT2D eigenvalue weighted by Crippen LogP contribution is -2.15. The zero-order valence-electron chi connectivity index (χ0n) is 8.80. The summed E-state index contributed by atoms with van der Waals surface area (Å²) >= 11 is 0. The van der Waals surface area contributed by atoms with E-state index in [0.29, 0.717) is 6.04 Å². The van der Waals surface area contributed by atoms with Crippen LogP contribution in [0.2, 0.25) is 0 Å². The molecular weight excluding hydrogens is 158 g/mol. The molecule has 0 spiro atoms. The fourth-order valence-electron chi connectivity index (χ4n) is 1.61. The maximum Gasteiger partial charge on any atom is 0.00136 e. The molecular formula is C12H19N. The van der Waals surface area contributed by atoms with E-state index in [1.165, 1.54) is 16.7 Å². The van der Waals surface area contributed by atoms with Gasteiger partial charge in [0.05, 0.1) is 0 Å². The lowest BCUT2D eigenvalue weighted by Gasteiger charge is -2.06. The van der Waals surface area contributed by atoms with Crippen LogP contribution in [0.15, 0.2) is 18.2 Å². The van der Waals surface area contributed by atoms with Gasteiger partial charge in [-0.25, -0.2) is 0 Å². The molecule has 0 bridgehead atoms. The number of rotatable bonds is 3. The SMILES string of the molecule is Cc1cc(C)cc(CCC(C)N)c1. The molecule has 0 fully saturated rings. The number of aryl methyl sites for hydroxylation is 3. The van der Waals surface area contributed by atoms with E-state index in [-0.39, 0.29) is 0 Å². The first-order valence-corrected chi connectivity index (χ1v) is 4.90. The van der Waals surface area contributed by atoms with Gasteiger partial charge in [-0.2, -0.15) is 0 Å². The molecule has 1 atom stereocenters. The van der Waals surface area contributed by atoms with Gasteiger partial charge in [-0.1, -0.05) is 29.3 Å². The smallest absolute Gasteiger partial charge is 0.00136 e. The van der Waals surface area contributed by atoms with Crippen molar-refractivity contribution in [3.8, 4) is 0 Å². The van der Waals surface area contributed by atoms with Gasteiger partial charge in [0.2, 0.25) is 0 Å². The van der Waals surface area contributed by atoms with Crippen molar-refractivity contribution >= 4 is 0 Å². The second-order valence-electron chi connectivity index (χ2n) is 4.01. The summed E-state index contributed by atoms with van der Waals surface area (Å²) < 4.78 is 0. The Bertz CT molecular complexity index is 256. The van der Waals surface area contributed by atoms with E-state index in [9.17, 15) is 0 Å². The predicted octanol–water partition coefficient (Wildman–Crippen LogP) is 2.58. The van der Waals surface area contributed by atoms with Crippen LogP contribution >= 0.6 is 0 Å². The van der Waals surface area contributed by atoms with Gasteiger partial charge >= 0.3 is 0 Å². The summed E-state index contributed by atoms with van der Waals surface area (Å²) in [6, 6.07) is 7.00. The van der Waals surface area contributed by atoms with E-state index in [2.05, 4.69) is 39.0 Å². The van der Waals surface area contributed by atoms with Crippen LogP contribution in [0.1, 0.15) is 30.0 Å². The maximum atomic E-state index is 5.72. The van der Waals surface area contributed by atoms with Crippen molar-refractivity contribution < 1.29 is 0 Å². The van der Waals surface area contributed by atoms with Crippen molar-refractivity contribution in [3.05, 3.63) is 34.9 Å². The number of nitrogens with two attached hydrogens (primary N) is 1. The largest absolute Gasteiger partial charge is 0.328 e. The Balaban J connectivity index is 2.66. The topological polar surface area (TPSA) is 26.0 Å². The van der Waals surface area contributed by atoms with Gasteiger partial charge < -0.3 is 5.73 Å². The van der Waals surface area contributed by atoms with Gasteiger partial charge in [-0.3, -0.25) is 0 Å². The van der Waals surface area contributed by atoms with Crippen LogP contribution in [0.25, 0.3) is 0 Å². The van der Waals surface area contributed by atoms with Crippen LogP contribution in [-0.2, 0) is 6.42 Å². The molecule has 13 heavy (non-hydrogen) atoms. The van der Waals surface area contributed by atoms with Crippen LogP contribution in [0, 0.1) is 13.8 Å².